The summed E-state index contributed by atoms with van der Waals surface area (Å²) in [6.07, 6.45) is 3.29. The van der Waals surface area contributed by atoms with E-state index in [1.807, 2.05) is 30.3 Å². The molecule has 0 aliphatic carbocycles. The van der Waals surface area contributed by atoms with E-state index >= 15 is 0 Å². The zero-order chi connectivity index (χ0) is 22.8. The number of hydrogen-bond donors (Lipinski definition) is 2. The normalized spacial score (nSPS) is 11.4. The Balaban J connectivity index is 1.51. The predicted molar refractivity (Wildman–Crippen MR) is 125 cm³/mol. The van der Waals surface area contributed by atoms with Crippen molar-refractivity contribution in [2.75, 3.05) is 31.2 Å². The zero-order valence-electron chi connectivity index (χ0n) is 18.3. The largest absolute Gasteiger partial charge is 0.338 e. The average Bonchev–Trinajstić information content (AvgIpc) is 2.79. The van der Waals surface area contributed by atoms with E-state index in [2.05, 4.69) is 25.6 Å². The second kappa shape index (κ2) is 11.7. The molecule has 0 aliphatic rings. The number of unbranched alkanes of at least 4 members (excludes halogenated alkanes) is 1. The lowest BCUT2D eigenvalue weighted by Gasteiger charge is -2.16. The lowest BCUT2D eigenvalue weighted by atomic mass is 10.2. The highest BCUT2D eigenvalue weighted by atomic mass is 31.2. The molecule has 0 spiro atoms. The molecule has 0 aliphatic heterocycles. The van der Waals surface area contributed by atoms with Gasteiger partial charge in [0.2, 0.25) is 0 Å². The van der Waals surface area contributed by atoms with Gasteiger partial charge < -0.3 is 14.4 Å². The van der Waals surface area contributed by atoms with Crippen LogP contribution in [0.25, 0.3) is 22.4 Å². The summed E-state index contributed by atoms with van der Waals surface area (Å²) in [5.74, 6) is 0.381. The fourth-order valence-electron chi connectivity index (χ4n) is 3.07. The van der Waals surface area contributed by atoms with Crippen LogP contribution in [-0.2, 0) is 13.6 Å². The van der Waals surface area contributed by atoms with E-state index in [0.717, 1.165) is 5.56 Å². The summed E-state index contributed by atoms with van der Waals surface area (Å²) >= 11 is 0. The van der Waals surface area contributed by atoms with Crippen molar-refractivity contribution in [3.63, 3.8) is 0 Å². The van der Waals surface area contributed by atoms with Crippen LogP contribution >= 0.6 is 7.60 Å². The minimum Gasteiger partial charge on any atom is -0.338 e. The second-order valence-corrected chi connectivity index (χ2v) is 9.10. The molecule has 3 aromatic rings. The SMILES string of the molecule is CCOP(=O)(CCCCNC(=O)Nc1ccc2ncc(-c3ccccc3)nc2n1)OCC. The Bertz CT molecular complexity index is 1070. The Morgan fingerprint density at radius 2 is 1.75 bits per heavy atom. The molecule has 0 atom stereocenters. The van der Waals surface area contributed by atoms with E-state index in [0.29, 0.717) is 61.4 Å². The molecule has 9 nitrogen and oxygen atoms in total. The zero-order valence-corrected chi connectivity index (χ0v) is 19.2. The molecule has 32 heavy (non-hydrogen) atoms. The number of pyridine rings is 1. The number of anilines is 1. The third kappa shape index (κ3) is 6.82. The highest BCUT2D eigenvalue weighted by molar-refractivity contribution is 7.53. The highest BCUT2D eigenvalue weighted by Gasteiger charge is 2.22. The van der Waals surface area contributed by atoms with Gasteiger partial charge in [-0.2, -0.15) is 0 Å². The second-order valence-electron chi connectivity index (χ2n) is 6.92. The molecule has 2 N–H and O–H groups in total. The van der Waals surface area contributed by atoms with Crippen molar-refractivity contribution in [3.8, 4) is 11.3 Å². The molecule has 2 aromatic heterocycles. The van der Waals surface area contributed by atoms with Crippen molar-refractivity contribution in [1.29, 1.82) is 0 Å². The lowest BCUT2D eigenvalue weighted by Crippen LogP contribution is -2.30. The maximum absolute atomic E-state index is 12.4. The van der Waals surface area contributed by atoms with Gasteiger partial charge in [0.25, 0.3) is 0 Å². The molecule has 2 amide bonds. The molecule has 0 saturated heterocycles. The van der Waals surface area contributed by atoms with Gasteiger partial charge >= 0.3 is 13.6 Å². The van der Waals surface area contributed by atoms with E-state index in [1.54, 1.807) is 32.2 Å². The van der Waals surface area contributed by atoms with Gasteiger partial charge in [-0.25, -0.2) is 14.8 Å². The van der Waals surface area contributed by atoms with Gasteiger partial charge in [-0.05, 0) is 38.8 Å². The van der Waals surface area contributed by atoms with E-state index in [9.17, 15) is 9.36 Å². The summed E-state index contributed by atoms with van der Waals surface area (Å²) in [5, 5.41) is 5.48. The molecule has 170 valence electrons. The number of amides is 2. The number of aromatic nitrogens is 3. The molecular weight excluding hydrogens is 429 g/mol. The van der Waals surface area contributed by atoms with Gasteiger partial charge in [-0.3, -0.25) is 14.9 Å². The minimum atomic E-state index is -3.04. The van der Waals surface area contributed by atoms with Crippen molar-refractivity contribution < 1.29 is 18.4 Å². The maximum atomic E-state index is 12.4. The van der Waals surface area contributed by atoms with Crippen molar-refractivity contribution >= 4 is 30.6 Å². The molecule has 3 rings (SSSR count). The smallest absolute Gasteiger partial charge is 0.330 e. The Labute approximate surface area is 187 Å². The molecule has 0 fully saturated rings. The number of urea groups is 1. The summed E-state index contributed by atoms with van der Waals surface area (Å²) in [6.45, 7) is 4.68. The summed E-state index contributed by atoms with van der Waals surface area (Å²) in [4.78, 5) is 25.6. The fourth-order valence-corrected chi connectivity index (χ4v) is 4.80. The van der Waals surface area contributed by atoms with Crippen LogP contribution in [0.3, 0.4) is 0 Å². The molecule has 0 unspecified atom stereocenters. The van der Waals surface area contributed by atoms with Crippen LogP contribution in [0.1, 0.15) is 26.7 Å². The third-order valence-electron chi connectivity index (χ3n) is 4.51. The molecule has 10 heteroatoms. The van der Waals surface area contributed by atoms with Crippen LogP contribution < -0.4 is 10.6 Å². The summed E-state index contributed by atoms with van der Waals surface area (Å²) in [7, 11) is -3.04. The van der Waals surface area contributed by atoms with Crippen LogP contribution in [0.15, 0.2) is 48.7 Å². The highest BCUT2D eigenvalue weighted by Crippen LogP contribution is 2.48. The van der Waals surface area contributed by atoms with Gasteiger partial charge in [0.15, 0.2) is 5.65 Å². The predicted octanol–water partition coefficient (Wildman–Crippen LogP) is 4.86. The molecular formula is C22H28N5O4P. The number of benzene rings is 1. The van der Waals surface area contributed by atoms with Crippen LogP contribution in [0.4, 0.5) is 10.6 Å². The van der Waals surface area contributed by atoms with Crippen molar-refractivity contribution in [2.45, 2.75) is 26.7 Å². The first-order valence-corrected chi connectivity index (χ1v) is 12.4. The average molecular weight is 457 g/mol. The topological polar surface area (TPSA) is 115 Å². The van der Waals surface area contributed by atoms with Crippen LogP contribution in [0.5, 0.6) is 0 Å². The van der Waals surface area contributed by atoms with Gasteiger partial charge in [0.1, 0.15) is 11.3 Å². The van der Waals surface area contributed by atoms with E-state index < -0.39 is 7.60 Å². The Kier molecular flexibility index (Phi) is 8.67. The van der Waals surface area contributed by atoms with Gasteiger partial charge in [-0.1, -0.05) is 30.3 Å². The maximum Gasteiger partial charge on any atom is 0.330 e. The molecule has 0 saturated carbocycles. The van der Waals surface area contributed by atoms with Crippen LogP contribution in [0, 0.1) is 0 Å². The first kappa shape index (κ1) is 23.8. The standard InChI is InChI=1S/C22H28N5O4P/c1-3-30-32(29,31-4-2)15-9-8-14-23-22(28)27-20-13-12-18-21(26-20)25-19(16-24-18)17-10-6-5-7-11-17/h5-7,10-13,16H,3-4,8-9,14-15H2,1-2H3,(H2,23,25,26,27,28). The molecule has 0 bridgehead atoms. The first-order valence-electron chi connectivity index (χ1n) is 10.6. The van der Waals surface area contributed by atoms with Crippen molar-refractivity contribution in [2.24, 2.45) is 0 Å². The third-order valence-corrected chi connectivity index (χ3v) is 6.68. The van der Waals surface area contributed by atoms with E-state index in [1.165, 1.54) is 0 Å². The van der Waals surface area contributed by atoms with E-state index in [-0.39, 0.29) is 6.03 Å². The number of nitrogens with one attached hydrogen (secondary N) is 2. The number of rotatable bonds is 11. The summed E-state index contributed by atoms with van der Waals surface area (Å²) in [6, 6.07) is 12.8. The fraction of sp³-hybridized carbons (Fsp3) is 0.364. The van der Waals surface area contributed by atoms with Gasteiger partial charge in [0, 0.05) is 12.1 Å². The van der Waals surface area contributed by atoms with Crippen molar-refractivity contribution in [1.82, 2.24) is 20.3 Å². The number of nitrogens with zero attached hydrogens (tertiary/aromatic N) is 3. The summed E-state index contributed by atoms with van der Waals surface area (Å²) < 4.78 is 22.9. The van der Waals surface area contributed by atoms with Crippen LogP contribution in [0.2, 0.25) is 0 Å². The minimum absolute atomic E-state index is 0.326. The Hall–Kier alpha value is -2.87. The molecule has 0 radical (unpaired) electrons. The Morgan fingerprint density at radius 3 is 2.47 bits per heavy atom. The quantitative estimate of drug-likeness (QED) is 0.312. The van der Waals surface area contributed by atoms with Crippen molar-refractivity contribution in [3.05, 3.63) is 48.7 Å². The summed E-state index contributed by atoms with van der Waals surface area (Å²) in [5.41, 5.74) is 2.75. The van der Waals surface area contributed by atoms with Crippen LogP contribution in [-0.4, -0.2) is 46.9 Å². The number of carbonyl (C=O) groups excluding carboxylic acids is 1. The molecule has 2 heterocycles. The van der Waals surface area contributed by atoms with Gasteiger partial charge in [0.05, 0.1) is 31.3 Å². The monoisotopic (exact) mass is 457 g/mol. The number of fused-ring (bicyclic) bond motifs is 1. The van der Waals surface area contributed by atoms with E-state index in [4.69, 9.17) is 9.05 Å². The molecule has 1 aromatic carbocycles. The number of hydrogen-bond acceptors (Lipinski definition) is 7. The van der Waals surface area contributed by atoms with Gasteiger partial charge in [-0.15, -0.1) is 0 Å². The number of carbonyl (C=O) groups is 1. The first-order chi connectivity index (χ1) is 15.5. The Morgan fingerprint density at radius 1 is 1.00 bits per heavy atom. The lowest BCUT2D eigenvalue weighted by molar-refractivity contribution is 0.219.